The summed E-state index contributed by atoms with van der Waals surface area (Å²) in [5, 5.41) is 0.701. The topological polar surface area (TPSA) is 48.0 Å². The van der Waals surface area contributed by atoms with Crippen LogP contribution < -0.4 is 0 Å². The van der Waals surface area contributed by atoms with Gasteiger partial charge in [-0.3, -0.25) is 0 Å². The molecule has 0 aromatic carbocycles. The number of alkyl halides is 1. The van der Waals surface area contributed by atoms with E-state index in [0.29, 0.717) is 18.5 Å². The van der Waals surface area contributed by atoms with Gasteiger partial charge in [0.15, 0.2) is 0 Å². The number of nitrogens with zero attached hydrogens (tertiary/aromatic N) is 1. The first-order chi connectivity index (χ1) is 10.5. The number of likely N-dealkylation sites (tertiary alicyclic amines) is 1. The molecular formula is C17H32BrNO4. The van der Waals surface area contributed by atoms with Gasteiger partial charge >= 0.3 is 6.09 Å². The predicted molar refractivity (Wildman–Crippen MR) is 95.2 cm³/mol. The van der Waals surface area contributed by atoms with Gasteiger partial charge in [-0.05, 0) is 53.9 Å². The highest BCUT2D eigenvalue weighted by Gasteiger charge is 2.39. The van der Waals surface area contributed by atoms with Crippen molar-refractivity contribution in [3.8, 4) is 0 Å². The minimum atomic E-state index is -0.477. The molecule has 1 rings (SSSR count). The van der Waals surface area contributed by atoms with Gasteiger partial charge < -0.3 is 19.1 Å². The quantitative estimate of drug-likeness (QED) is 0.640. The van der Waals surface area contributed by atoms with Crippen molar-refractivity contribution in [3.63, 3.8) is 0 Å². The van der Waals surface area contributed by atoms with Crippen LogP contribution in [0.5, 0.6) is 0 Å². The number of ether oxygens (including phenoxy) is 3. The maximum atomic E-state index is 12.3. The van der Waals surface area contributed by atoms with Gasteiger partial charge in [0.05, 0.1) is 24.4 Å². The van der Waals surface area contributed by atoms with Gasteiger partial charge in [-0.2, -0.15) is 0 Å². The summed E-state index contributed by atoms with van der Waals surface area (Å²) in [5.41, 5.74) is -1.03. The molecule has 1 atom stereocenters. The van der Waals surface area contributed by atoms with E-state index in [1.807, 2.05) is 34.6 Å². The fourth-order valence-corrected chi connectivity index (χ4v) is 3.08. The van der Waals surface area contributed by atoms with Gasteiger partial charge in [0.2, 0.25) is 0 Å². The van der Waals surface area contributed by atoms with Gasteiger partial charge in [0, 0.05) is 19.0 Å². The third kappa shape index (κ3) is 6.98. The van der Waals surface area contributed by atoms with E-state index >= 15 is 0 Å². The molecule has 5 nitrogen and oxygen atoms in total. The number of carbonyl (C=O) groups is 1. The minimum Gasteiger partial charge on any atom is -0.444 e. The molecule has 1 saturated heterocycles. The maximum Gasteiger partial charge on any atom is 0.410 e. The molecule has 0 spiro atoms. The molecular weight excluding hydrogens is 362 g/mol. The summed E-state index contributed by atoms with van der Waals surface area (Å²) in [5.74, 6) is 0. The molecule has 0 N–H and O–H groups in total. The lowest BCUT2D eigenvalue weighted by Gasteiger charge is -2.42. The van der Waals surface area contributed by atoms with Crippen molar-refractivity contribution in [3.05, 3.63) is 0 Å². The normalized spacial score (nSPS) is 23.0. The molecule has 1 aliphatic heterocycles. The zero-order valence-corrected chi connectivity index (χ0v) is 17.0. The minimum absolute atomic E-state index is 0.201. The van der Waals surface area contributed by atoms with E-state index in [0.717, 1.165) is 25.8 Å². The predicted octanol–water partition coefficient (Wildman–Crippen LogP) is 3.98. The Balaban J connectivity index is 2.62. The Morgan fingerprint density at radius 3 is 2.43 bits per heavy atom. The summed E-state index contributed by atoms with van der Waals surface area (Å²) in [6, 6.07) is 0. The van der Waals surface area contributed by atoms with E-state index in [-0.39, 0.29) is 17.3 Å². The lowest BCUT2D eigenvalue weighted by molar-refractivity contribution is -0.0937. The van der Waals surface area contributed by atoms with Crippen LogP contribution in [0.15, 0.2) is 0 Å². The average molecular weight is 394 g/mol. The maximum absolute atomic E-state index is 12.3. The largest absolute Gasteiger partial charge is 0.444 e. The third-order valence-electron chi connectivity index (χ3n) is 4.10. The highest BCUT2D eigenvalue weighted by molar-refractivity contribution is 9.09. The van der Waals surface area contributed by atoms with Crippen molar-refractivity contribution in [2.24, 2.45) is 0 Å². The first-order valence-electron chi connectivity index (χ1n) is 8.26. The Hall–Kier alpha value is -0.330. The van der Waals surface area contributed by atoms with Crippen LogP contribution in [0.25, 0.3) is 0 Å². The number of amides is 1. The van der Waals surface area contributed by atoms with Crippen LogP contribution in [0.4, 0.5) is 4.79 Å². The van der Waals surface area contributed by atoms with E-state index < -0.39 is 5.60 Å². The summed E-state index contributed by atoms with van der Waals surface area (Å²) in [4.78, 5) is 14.1. The summed E-state index contributed by atoms with van der Waals surface area (Å²) >= 11 is 3.57. The van der Waals surface area contributed by atoms with Gasteiger partial charge in [0.25, 0.3) is 0 Å². The van der Waals surface area contributed by atoms with E-state index in [4.69, 9.17) is 14.2 Å². The Kier molecular flexibility index (Phi) is 7.36. The molecule has 1 fully saturated rings. The third-order valence-corrected chi connectivity index (χ3v) is 5.12. The van der Waals surface area contributed by atoms with Crippen molar-refractivity contribution in [2.45, 2.75) is 70.7 Å². The molecule has 0 bridgehead atoms. The van der Waals surface area contributed by atoms with E-state index in [1.165, 1.54) is 0 Å². The SMILES string of the molecule is COC(C)(C)CCOC1(CBr)CCCN(C(=O)OC(C)(C)C)C1. The van der Waals surface area contributed by atoms with Crippen molar-refractivity contribution >= 4 is 22.0 Å². The van der Waals surface area contributed by atoms with Gasteiger partial charge in [-0.25, -0.2) is 4.79 Å². The van der Waals surface area contributed by atoms with Crippen molar-refractivity contribution < 1.29 is 19.0 Å². The van der Waals surface area contributed by atoms with Gasteiger partial charge in [-0.1, -0.05) is 15.9 Å². The Bertz CT molecular complexity index is 395. The second kappa shape index (κ2) is 8.17. The molecule has 0 radical (unpaired) electrons. The second-order valence-corrected chi connectivity index (χ2v) is 8.45. The fourth-order valence-electron chi connectivity index (χ4n) is 2.46. The molecule has 0 aromatic heterocycles. The molecule has 0 saturated carbocycles. The number of halogens is 1. The number of rotatable bonds is 6. The fraction of sp³-hybridized carbons (Fsp3) is 0.941. The Morgan fingerprint density at radius 2 is 1.91 bits per heavy atom. The zero-order chi connectivity index (χ0) is 17.7. The van der Waals surface area contributed by atoms with Crippen LogP contribution in [0, 0.1) is 0 Å². The Labute approximate surface area is 149 Å². The van der Waals surface area contributed by atoms with Gasteiger partial charge in [0.1, 0.15) is 5.60 Å². The van der Waals surface area contributed by atoms with Crippen LogP contribution in [0.3, 0.4) is 0 Å². The molecule has 136 valence electrons. The highest BCUT2D eigenvalue weighted by atomic mass is 79.9. The van der Waals surface area contributed by atoms with E-state index in [2.05, 4.69) is 15.9 Å². The summed E-state index contributed by atoms with van der Waals surface area (Å²) in [6.07, 6.45) is 2.40. The number of piperidine rings is 1. The number of hydrogen-bond acceptors (Lipinski definition) is 4. The molecule has 6 heteroatoms. The first-order valence-corrected chi connectivity index (χ1v) is 9.38. The zero-order valence-electron chi connectivity index (χ0n) is 15.4. The first kappa shape index (κ1) is 20.7. The van der Waals surface area contributed by atoms with Crippen LogP contribution in [0.2, 0.25) is 0 Å². The lowest BCUT2D eigenvalue weighted by atomic mass is 9.94. The Morgan fingerprint density at radius 1 is 1.26 bits per heavy atom. The molecule has 0 aliphatic carbocycles. The summed E-state index contributed by atoms with van der Waals surface area (Å²) in [7, 11) is 1.71. The smallest absolute Gasteiger partial charge is 0.410 e. The van der Waals surface area contributed by atoms with E-state index in [1.54, 1.807) is 12.0 Å². The molecule has 0 aromatic rings. The van der Waals surface area contributed by atoms with Crippen LogP contribution >= 0.6 is 15.9 Å². The monoisotopic (exact) mass is 393 g/mol. The summed E-state index contributed by atoms with van der Waals surface area (Å²) < 4.78 is 17.1. The number of methoxy groups -OCH3 is 1. The highest BCUT2D eigenvalue weighted by Crippen LogP contribution is 2.29. The van der Waals surface area contributed by atoms with Crippen LogP contribution in [-0.4, -0.2) is 59.9 Å². The molecule has 1 aliphatic rings. The van der Waals surface area contributed by atoms with E-state index in [9.17, 15) is 4.79 Å². The van der Waals surface area contributed by atoms with Crippen LogP contribution in [0.1, 0.15) is 53.9 Å². The molecule has 23 heavy (non-hydrogen) atoms. The molecule has 1 unspecified atom stereocenters. The number of hydrogen-bond donors (Lipinski definition) is 0. The lowest BCUT2D eigenvalue weighted by Crippen LogP contribution is -2.54. The van der Waals surface area contributed by atoms with Gasteiger partial charge in [-0.15, -0.1) is 0 Å². The number of carbonyl (C=O) groups excluding carboxylic acids is 1. The molecule has 1 heterocycles. The van der Waals surface area contributed by atoms with Crippen molar-refractivity contribution in [2.75, 3.05) is 32.1 Å². The standard InChI is InChI=1S/C17H32BrNO4/c1-15(2,3)23-14(20)19-10-7-8-17(12-18,13-19)22-11-9-16(4,5)21-6/h7-13H2,1-6H3. The van der Waals surface area contributed by atoms with Crippen molar-refractivity contribution in [1.82, 2.24) is 4.90 Å². The summed E-state index contributed by atoms with van der Waals surface area (Å²) in [6.45, 7) is 11.6. The van der Waals surface area contributed by atoms with Crippen molar-refractivity contribution in [1.29, 1.82) is 0 Å². The average Bonchev–Trinajstić information content (AvgIpc) is 2.45. The van der Waals surface area contributed by atoms with Crippen LogP contribution in [-0.2, 0) is 14.2 Å². The molecule has 1 amide bonds. The second-order valence-electron chi connectivity index (χ2n) is 7.88.